The Morgan fingerprint density at radius 3 is 2.48 bits per heavy atom. The molecule has 2 aromatic carbocycles. The number of fused-ring (bicyclic) bond motifs is 1. The number of hydrogen-bond donors (Lipinski definition) is 1. The molecule has 0 saturated carbocycles. The Kier molecular flexibility index (Phi) is 5.99. The van der Waals surface area contributed by atoms with Gasteiger partial charge in [-0.2, -0.15) is 0 Å². The van der Waals surface area contributed by atoms with Crippen molar-refractivity contribution in [2.45, 2.75) is 13.3 Å². The molecule has 3 rings (SSSR count). The minimum absolute atomic E-state index is 0.0658. The molecule has 0 aliphatic heterocycles. The lowest BCUT2D eigenvalue weighted by Crippen LogP contribution is -2.14. The number of nitro benzene ring substituents is 1. The second kappa shape index (κ2) is 8.61. The number of hydrogen-bond acceptors (Lipinski definition) is 7. The summed E-state index contributed by atoms with van der Waals surface area (Å²) in [7, 11) is 0. The van der Waals surface area contributed by atoms with Crippen LogP contribution in [0.5, 0.6) is 0 Å². The third-order valence-corrected chi connectivity index (χ3v) is 5.15. The molecule has 1 N–H and O–H groups in total. The summed E-state index contributed by atoms with van der Waals surface area (Å²) in [5.41, 5.74) is 0.855. The number of rotatable bonds is 7. The van der Waals surface area contributed by atoms with E-state index in [-0.39, 0.29) is 22.3 Å². The number of nitrogens with one attached hydrogen (secondary N) is 1. The van der Waals surface area contributed by atoms with E-state index in [9.17, 15) is 24.5 Å². The third-order valence-electron chi connectivity index (χ3n) is 4.06. The van der Waals surface area contributed by atoms with Gasteiger partial charge in [-0.25, -0.2) is 4.79 Å². The SMILES string of the molecule is CCC(=O)Nc1ccc(C(=O)COC(=O)c2cc3cc([N+](=O)[O-])ccc3s2)cc1. The van der Waals surface area contributed by atoms with Gasteiger partial charge in [0, 0.05) is 39.9 Å². The Morgan fingerprint density at radius 2 is 1.83 bits per heavy atom. The van der Waals surface area contributed by atoms with E-state index in [1.165, 1.54) is 18.2 Å². The van der Waals surface area contributed by atoms with Gasteiger partial charge in [0.15, 0.2) is 12.4 Å². The summed E-state index contributed by atoms with van der Waals surface area (Å²) in [6, 6.07) is 12.1. The van der Waals surface area contributed by atoms with Gasteiger partial charge in [-0.3, -0.25) is 19.7 Å². The standard InChI is InChI=1S/C20H16N2O6S/c1-2-19(24)21-14-5-3-12(4-6-14)16(23)11-28-20(25)18-10-13-9-15(22(26)27)7-8-17(13)29-18/h3-10H,2,11H2,1H3,(H,21,24). The molecule has 1 heterocycles. The summed E-state index contributed by atoms with van der Waals surface area (Å²) in [6.07, 6.45) is 0.349. The normalized spacial score (nSPS) is 10.5. The number of nitrogens with zero attached hydrogens (tertiary/aromatic N) is 1. The Labute approximate surface area is 169 Å². The molecule has 3 aromatic rings. The van der Waals surface area contributed by atoms with Crippen molar-refractivity contribution in [2.75, 3.05) is 11.9 Å². The molecule has 8 nitrogen and oxygen atoms in total. The average molecular weight is 412 g/mol. The molecule has 0 fully saturated rings. The number of benzene rings is 2. The zero-order valence-corrected chi connectivity index (χ0v) is 16.2. The summed E-state index contributed by atoms with van der Waals surface area (Å²) in [6.45, 7) is 1.30. The molecule has 0 bridgehead atoms. The van der Waals surface area contributed by atoms with E-state index >= 15 is 0 Å². The maximum atomic E-state index is 12.2. The van der Waals surface area contributed by atoms with Gasteiger partial charge in [0.05, 0.1) is 4.92 Å². The fourth-order valence-corrected chi connectivity index (χ4v) is 3.46. The van der Waals surface area contributed by atoms with Crippen molar-refractivity contribution >= 4 is 50.5 Å². The molecule has 0 saturated heterocycles. The fraction of sp³-hybridized carbons (Fsp3) is 0.150. The molecule has 0 spiro atoms. The Bertz CT molecular complexity index is 1100. The maximum absolute atomic E-state index is 12.2. The quantitative estimate of drug-likeness (QED) is 0.269. The minimum atomic E-state index is -0.672. The largest absolute Gasteiger partial charge is 0.453 e. The van der Waals surface area contributed by atoms with Crippen LogP contribution >= 0.6 is 11.3 Å². The van der Waals surface area contributed by atoms with Crippen molar-refractivity contribution in [2.24, 2.45) is 0 Å². The number of ketones is 1. The lowest BCUT2D eigenvalue weighted by atomic mass is 10.1. The number of nitro groups is 1. The minimum Gasteiger partial charge on any atom is -0.453 e. The van der Waals surface area contributed by atoms with Crippen molar-refractivity contribution in [1.29, 1.82) is 0 Å². The smallest absolute Gasteiger partial charge is 0.348 e. The number of Topliss-reactive ketones (excluding diaryl/α,β-unsaturated/α-hetero) is 1. The number of esters is 1. The first-order valence-electron chi connectivity index (χ1n) is 8.65. The van der Waals surface area contributed by atoms with Crippen LogP contribution in [0.4, 0.5) is 11.4 Å². The Hall–Kier alpha value is -3.59. The van der Waals surface area contributed by atoms with E-state index in [1.54, 1.807) is 37.3 Å². The number of carbonyl (C=O) groups excluding carboxylic acids is 3. The van der Waals surface area contributed by atoms with E-state index in [0.717, 1.165) is 11.3 Å². The van der Waals surface area contributed by atoms with Crippen LogP contribution in [0, 0.1) is 10.1 Å². The van der Waals surface area contributed by atoms with E-state index in [4.69, 9.17) is 4.74 Å². The first kappa shape index (κ1) is 20.2. The topological polar surface area (TPSA) is 116 Å². The molecule has 0 unspecified atom stereocenters. The maximum Gasteiger partial charge on any atom is 0.348 e. The van der Waals surface area contributed by atoms with E-state index < -0.39 is 17.5 Å². The van der Waals surface area contributed by atoms with Crippen LogP contribution in [0.3, 0.4) is 0 Å². The molecule has 1 amide bonds. The molecular formula is C20H16N2O6S. The number of ether oxygens (including phenoxy) is 1. The second-order valence-corrected chi connectivity index (χ2v) is 7.15. The third kappa shape index (κ3) is 4.82. The lowest BCUT2D eigenvalue weighted by molar-refractivity contribution is -0.384. The van der Waals surface area contributed by atoms with Crippen LogP contribution in [0.2, 0.25) is 0 Å². The molecular weight excluding hydrogens is 396 g/mol. The van der Waals surface area contributed by atoms with Gasteiger partial charge in [0.2, 0.25) is 5.91 Å². The van der Waals surface area contributed by atoms with Crippen LogP contribution in [-0.4, -0.2) is 29.2 Å². The zero-order chi connectivity index (χ0) is 21.0. The van der Waals surface area contributed by atoms with Crippen molar-refractivity contribution in [1.82, 2.24) is 0 Å². The molecule has 1 aromatic heterocycles. The summed E-state index contributed by atoms with van der Waals surface area (Å²) in [5, 5.41) is 14.1. The average Bonchev–Trinajstić information content (AvgIpc) is 3.15. The van der Waals surface area contributed by atoms with Gasteiger partial charge < -0.3 is 10.1 Å². The van der Waals surface area contributed by atoms with Crippen molar-refractivity contribution < 1.29 is 24.0 Å². The van der Waals surface area contributed by atoms with E-state index in [1.807, 2.05) is 0 Å². The number of anilines is 1. The number of amides is 1. The van der Waals surface area contributed by atoms with Crippen molar-refractivity contribution in [3.05, 3.63) is 69.1 Å². The van der Waals surface area contributed by atoms with Gasteiger partial charge in [-0.1, -0.05) is 6.92 Å². The first-order chi connectivity index (χ1) is 13.9. The summed E-state index contributed by atoms with van der Waals surface area (Å²) >= 11 is 1.13. The van der Waals surface area contributed by atoms with Crippen LogP contribution in [-0.2, 0) is 9.53 Å². The van der Waals surface area contributed by atoms with Crippen molar-refractivity contribution in [3.63, 3.8) is 0 Å². The van der Waals surface area contributed by atoms with Crippen LogP contribution in [0.1, 0.15) is 33.4 Å². The van der Waals surface area contributed by atoms with Crippen LogP contribution in [0.15, 0.2) is 48.5 Å². The molecule has 0 radical (unpaired) electrons. The van der Waals surface area contributed by atoms with Gasteiger partial charge in [0.25, 0.3) is 5.69 Å². The number of carbonyl (C=O) groups is 3. The number of thiophene rings is 1. The zero-order valence-electron chi connectivity index (χ0n) is 15.3. The highest BCUT2D eigenvalue weighted by Crippen LogP contribution is 2.29. The summed E-state index contributed by atoms with van der Waals surface area (Å²) < 4.78 is 5.79. The highest BCUT2D eigenvalue weighted by molar-refractivity contribution is 7.20. The summed E-state index contributed by atoms with van der Waals surface area (Å²) in [4.78, 5) is 46.4. The van der Waals surface area contributed by atoms with Gasteiger partial charge in [-0.15, -0.1) is 11.3 Å². The Morgan fingerprint density at radius 1 is 1.10 bits per heavy atom. The molecule has 0 atom stereocenters. The fourth-order valence-electron chi connectivity index (χ4n) is 2.52. The molecule has 0 aliphatic rings. The van der Waals surface area contributed by atoms with E-state index in [0.29, 0.717) is 27.8 Å². The van der Waals surface area contributed by atoms with Crippen LogP contribution < -0.4 is 5.32 Å². The van der Waals surface area contributed by atoms with Gasteiger partial charge >= 0.3 is 5.97 Å². The molecule has 9 heteroatoms. The van der Waals surface area contributed by atoms with Crippen molar-refractivity contribution in [3.8, 4) is 0 Å². The lowest BCUT2D eigenvalue weighted by Gasteiger charge is -2.06. The van der Waals surface area contributed by atoms with E-state index in [2.05, 4.69) is 5.32 Å². The summed E-state index contributed by atoms with van der Waals surface area (Å²) in [5.74, 6) is -1.19. The molecule has 0 aliphatic carbocycles. The monoisotopic (exact) mass is 412 g/mol. The predicted molar refractivity (Wildman–Crippen MR) is 108 cm³/mol. The highest BCUT2D eigenvalue weighted by Gasteiger charge is 2.16. The van der Waals surface area contributed by atoms with Gasteiger partial charge in [-0.05, 0) is 36.4 Å². The first-order valence-corrected chi connectivity index (χ1v) is 9.47. The Balaban J connectivity index is 1.62. The highest BCUT2D eigenvalue weighted by atomic mass is 32.1. The second-order valence-electron chi connectivity index (χ2n) is 6.07. The molecule has 148 valence electrons. The van der Waals surface area contributed by atoms with Crippen LogP contribution in [0.25, 0.3) is 10.1 Å². The molecule has 29 heavy (non-hydrogen) atoms. The predicted octanol–water partition coefficient (Wildman–Crippen LogP) is 4.20. The van der Waals surface area contributed by atoms with Gasteiger partial charge in [0.1, 0.15) is 4.88 Å². The number of non-ortho nitro benzene ring substituents is 1.